The van der Waals surface area contributed by atoms with Crippen LogP contribution >= 0.6 is 0 Å². The van der Waals surface area contributed by atoms with Crippen molar-refractivity contribution in [2.75, 3.05) is 25.0 Å². The Morgan fingerprint density at radius 3 is 2.29 bits per heavy atom. The Hall–Kier alpha value is -3.94. The van der Waals surface area contributed by atoms with E-state index in [2.05, 4.69) is 29.3 Å². The van der Waals surface area contributed by atoms with E-state index in [9.17, 15) is 5.26 Å². The van der Waals surface area contributed by atoms with E-state index in [1.807, 2.05) is 38.1 Å². The standard InChI is InChI=1S/C27H28N6O/c1-4-11-33-12-9-23-24(10-13-33)31-27(30-22-7-5-20(16-28)6-8-22)32-26(23)34-25-18(2)14-21(17-29)15-19(25)3/h5-8,14-15H,4,9-13H2,1-3H3,(H,30,31,32). The largest absolute Gasteiger partial charge is 0.438 e. The van der Waals surface area contributed by atoms with Crippen LogP contribution in [0.4, 0.5) is 11.6 Å². The van der Waals surface area contributed by atoms with Crippen LogP contribution in [0, 0.1) is 36.5 Å². The lowest BCUT2D eigenvalue weighted by atomic mass is 10.1. The Kier molecular flexibility index (Phi) is 7.06. The molecular formula is C27H28N6O. The zero-order chi connectivity index (χ0) is 24.1. The molecule has 1 N–H and O–H groups in total. The Morgan fingerprint density at radius 2 is 1.65 bits per heavy atom. The van der Waals surface area contributed by atoms with Crippen LogP contribution in [0.1, 0.15) is 46.9 Å². The van der Waals surface area contributed by atoms with E-state index in [1.165, 1.54) is 0 Å². The molecule has 7 nitrogen and oxygen atoms in total. The fraction of sp³-hybridized carbons (Fsp3) is 0.333. The third-order valence-corrected chi connectivity index (χ3v) is 6.00. The van der Waals surface area contributed by atoms with Crippen molar-refractivity contribution < 1.29 is 4.74 Å². The van der Waals surface area contributed by atoms with Crippen LogP contribution in [0.5, 0.6) is 11.6 Å². The molecule has 0 radical (unpaired) electrons. The summed E-state index contributed by atoms with van der Waals surface area (Å²) in [7, 11) is 0. The van der Waals surface area contributed by atoms with Gasteiger partial charge in [0.25, 0.3) is 0 Å². The maximum atomic E-state index is 9.29. The lowest BCUT2D eigenvalue weighted by Crippen LogP contribution is -2.27. The summed E-state index contributed by atoms with van der Waals surface area (Å²) in [5.74, 6) is 1.74. The molecule has 3 aromatic rings. The fourth-order valence-electron chi connectivity index (χ4n) is 4.32. The first-order valence-electron chi connectivity index (χ1n) is 11.6. The maximum absolute atomic E-state index is 9.29. The Balaban J connectivity index is 1.72. The van der Waals surface area contributed by atoms with E-state index < -0.39 is 0 Å². The molecule has 0 bridgehead atoms. The highest BCUT2D eigenvalue weighted by atomic mass is 16.5. The van der Waals surface area contributed by atoms with Gasteiger partial charge in [-0.05, 0) is 80.8 Å². The first-order chi connectivity index (χ1) is 16.5. The summed E-state index contributed by atoms with van der Waals surface area (Å²) in [6.07, 6.45) is 2.75. The molecule has 0 saturated heterocycles. The third kappa shape index (κ3) is 5.17. The molecule has 0 atom stereocenters. The number of benzene rings is 2. The molecule has 0 amide bonds. The quantitative estimate of drug-likeness (QED) is 0.550. The van der Waals surface area contributed by atoms with E-state index in [0.29, 0.717) is 23.0 Å². The van der Waals surface area contributed by atoms with Crippen molar-refractivity contribution in [3.8, 4) is 23.8 Å². The van der Waals surface area contributed by atoms with Crippen LogP contribution < -0.4 is 10.1 Å². The van der Waals surface area contributed by atoms with Gasteiger partial charge >= 0.3 is 0 Å². The van der Waals surface area contributed by atoms with Gasteiger partial charge in [-0.1, -0.05) is 6.92 Å². The molecule has 7 heteroatoms. The minimum Gasteiger partial charge on any atom is -0.438 e. The highest BCUT2D eigenvalue weighted by molar-refractivity contribution is 5.57. The number of aromatic nitrogens is 2. The number of anilines is 2. The topological polar surface area (TPSA) is 97.9 Å². The second-order valence-corrected chi connectivity index (χ2v) is 8.59. The average Bonchev–Trinajstić information content (AvgIpc) is 3.04. The van der Waals surface area contributed by atoms with Gasteiger partial charge in [0.2, 0.25) is 11.8 Å². The Morgan fingerprint density at radius 1 is 0.971 bits per heavy atom. The number of ether oxygens (including phenoxy) is 1. The van der Waals surface area contributed by atoms with E-state index in [0.717, 1.165) is 72.7 Å². The van der Waals surface area contributed by atoms with Gasteiger partial charge < -0.3 is 15.0 Å². The zero-order valence-electron chi connectivity index (χ0n) is 19.9. The number of nitrogens with zero attached hydrogens (tertiary/aromatic N) is 5. The predicted molar refractivity (Wildman–Crippen MR) is 131 cm³/mol. The molecular weight excluding hydrogens is 424 g/mol. The summed E-state index contributed by atoms with van der Waals surface area (Å²) in [6, 6.07) is 15.2. The van der Waals surface area contributed by atoms with E-state index in [4.69, 9.17) is 20.0 Å². The lowest BCUT2D eigenvalue weighted by molar-refractivity contribution is 0.287. The van der Waals surface area contributed by atoms with Crippen LogP contribution in [0.25, 0.3) is 0 Å². The molecule has 34 heavy (non-hydrogen) atoms. The fourth-order valence-corrected chi connectivity index (χ4v) is 4.32. The van der Waals surface area contributed by atoms with Crippen LogP contribution in [0.15, 0.2) is 36.4 Å². The Bertz CT molecular complexity index is 1250. The van der Waals surface area contributed by atoms with Crippen molar-refractivity contribution in [3.05, 3.63) is 69.9 Å². The molecule has 1 aliphatic rings. The normalized spacial score (nSPS) is 13.3. The van der Waals surface area contributed by atoms with E-state index in [1.54, 1.807) is 12.1 Å². The monoisotopic (exact) mass is 452 g/mol. The van der Waals surface area contributed by atoms with Crippen molar-refractivity contribution >= 4 is 11.6 Å². The molecule has 1 aliphatic heterocycles. The maximum Gasteiger partial charge on any atom is 0.230 e. The Labute approximate surface area is 200 Å². The number of nitriles is 2. The van der Waals surface area contributed by atoms with Crippen molar-refractivity contribution in [2.24, 2.45) is 0 Å². The van der Waals surface area contributed by atoms with Gasteiger partial charge in [0.05, 0.1) is 29.0 Å². The van der Waals surface area contributed by atoms with E-state index in [-0.39, 0.29) is 0 Å². The van der Waals surface area contributed by atoms with Crippen LogP contribution in [0.2, 0.25) is 0 Å². The first kappa shape index (κ1) is 23.2. The predicted octanol–water partition coefficient (Wildman–Crippen LogP) is 5.18. The second-order valence-electron chi connectivity index (χ2n) is 8.59. The molecule has 1 aromatic heterocycles. The minimum atomic E-state index is 0.464. The van der Waals surface area contributed by atoms with Gasteiger partial charge in [0, 0.05) is 30.8 Å². The van der Waals surface area contributed by atoms with Crippen molar-refractivity contribution in [2.45, 2.75) is 40.0 Å². The summed E-state index contributed by atoms with van der Waals surface area (Å²) >= 11 is 0. The van der Waals surface area contributed by atoms with Gasteiger partial charge in [0.15, 0.2) is 0 Å². The van der Waals surface area contributed by atoms with E-state index >= 15 is 0 Å². The molecule has 0 unspecified atom stereocenters. The summed E-state index contributed by atoms with van der Waals surface area (Å²) in [6.45, 7) is 9.03. The first-order valence-corrected chi connectivity index (χ1v) is 11.6. The van der Waals surface area contributed by atoms with Crippen molar-refractivity contribution in [1.82, 2.24) is 14.9 Å². The number of hydrogen-bond acceptors (Lipinski definition) is 7. The van der Waals surface area contributed by atoms with Gasteiger partial charge in [-0.2, -0.15) is 15.5 Å². The number of fused-ring (bicyclic) bond motifs is 1. The number of hydrogen-bond donors (Lipinski definition) is 1. The average molecular weight is 453 g/mol. The summed E-state index contributed by atoms with van der Waals surface area (Å²) < 4.78 is 6.44. The summed E-state index contributed by atoms with van der Waals surface area (Å²) in [5.41, 5.74) is 5.83. The molecule has 0 saturated carbocycles. The molecule has 0 aliphatic carbocycles. The zero-order valence-corrected chi connectivity index (χ0v) is 19.9. The highest BCUT2D eigenvalue weighted by Gasteiger charge is 2.22. The van der Waals surface area contributed by atoms with Gasteiger partial charge in [-0.15, -0.1) is 0 Å². The number of nitrogens with one attached hydrogen (secondary N) is 1. The SMILES string of the molecule is CCCN1CCc2nc(Nc3ccc(C#N)cc3)nc(Oc3c(C)cc(C#N)cc3C)c2CC1. The molecule has 0 fully saturated rings. The molecule has 2 aromatic carbocycles. The smallest absolute Gasteiger partial charge is 0.230 e. The van der Waals surface area contributed by atoms with Gasteiger partial charge in [-0.3, -0.25) is 0 Å². The summed E-state index contributed by atoms with van der Waals surface area (Å²) in [5, 5.41) is 21.6. The van der Waals surface area contributed by atoms with Crippen molar-refractivity contribution in [1.29, 1.82) is 10.5 Å². The van der Waals surface area contributed by atoms with Crippen LogP contribution in [0.3, 0.4) is 0 Å². The lowest BCUT2D eigenvalue weighted by Gasteiger charge is -2.18. The van der Waals surface area contributed by atoms with Gasteiger partial charge in [0.1, 0.15) is 5.75 Å². The highest BCUT2D eigenvalue weighted by Crippen LogP contribution is 2.34. The molecule has 172 valence electrons. The molecule has 0 spiro atoms. The minimum absolute atomic E-state index is 0.464. The van der Waals surface area contributed by atoms with Crippen LogP contribution in [-0.2, 0) is 12.8 Å². The molecule has 2 heterocycles. The van der Waals surface area contributed by atoms with Crippen molar-refractivity contribution in [3.63, 3.8) is 0 Å². The number of rotatable bonds is 6. The second kappa shape index (κ2) is 10.3. The third-order valence-electron chi connectivity index (χ3n) is 6.00. The van der Waals surface area contributed by atoms with Crippen LogP contribution in [-0.4, -0.2) is 34.5 Å². The molecule has 4 rings (SSSR count). The number of aryl methyl sites for hydroxylation is 2. The summed E-state index contributed by atoms with van der Waals surface area (Å²) in [4.78, 5) is 12.1. The van der Waals surface area contributed by atoms with Gasteiger partial charge in [-0.25, -0.2) is 4.98 Å².